The lowest BCUT2D eigenvalue weighted by atomic mass is 9.69. The van der Waals surface area contributed by atoms with Gasteiger partial charge in [0.2, 0.25) is 0 Å². The van der Waals surface area contributed by atoms with Crippen molar-refractivity contribution in [2.45, 2.75) is 31.0 Å². The third-order valence-corrected chi connectivity index (χ3v) is 5.65. The zero-order valence-corrected chi connectivity index (χ0v) is 13.8. The quantitative estimate of drug-likeness (QED) is 0.612. The zero-order chi connectivity index (χ0) is 18.2. The van der Waals surface area contributed by atoms with E-state index in [9.17, 15) is 23.7 Å². The number of amides is 1. The number of benzene rings is 1. The number of fused-ring (bicyclic) bond motifs is 1. The molecule has 0 bridgehead atoms. The molecule has 0 radical (unpaired) electrons. The molecule has 25 heavy (non-hydrogen) atoms. The third kappa shape index (κ3) is 3.30. The predicted octanol–water partition coefficient (Wildman–Crippen LogP) is 3.44. The topological polar surface area (TPSA) is 105 Å². The van der Waals surface area contributed by atoms with Crippen molar-refractivity contribution in [3.05, 3.63) is 39.7 Å². The van der Waals surface area contributed by atoms with Gasteiger partial charge in [-0.25, -0.2) is 13.6 Å². The highest BCUT2D eigenvalue weighted by atomic mass is 32.2. The predicted molar refractivity (Wildman–Crippen MR) is 88.0 cm³/mol. The van der Waals surface area contributed by atoms with Crippen LogP contribution in [-0.2, 0) is 5.54 Å². The van der Waals surface area contributed by atoms with Gasteiger partial charge in [0.15, 0.2) is 5.17 Å². The van der Waals surface area contributed by atoms with E-state index in [0.717, 1.165) is 30.0 Å². The molecule has 1 aliphatic carbocycles. The summed E-state index contributed by atoms with van der Waals surface area (Å²) in [7, 11) is 0. The number of alkyl halides is 1. The van der Waals surface area contributed by atoms with Crippen molar-refractivity contribution >= 4 is 28.7 Å². The van der Waals surface area contributed by atoms with Crippen molar-refractivity contribution in [3.63, 3.8) is 0 Å². The van der Waals surface area contributed by atoms with Gasteiger partial charge in [0.25, 0.3) is 5.69 Å². The summed E-state index contributed by atoms with van der Waals surface area (Å²) < 4.78 is 28.4. The van der Waals surface area contributed by atoms with Gasteiger partial charge in [0, 0.05) is 29.4 Å². The molecule has 1 aromatic carbocycles. The Morgan fingerprint density at radius 1 is 1.52 bits per heavy atom. The molecule has 0 saturated heterocycles. The van der Waals surface area contributed by atoms with E-state index in [1.807, 2.05) is 0 Å². The normalized spacial score (nSPS) is 28.6. The summed E-state index contributed by atoms with van der Waals surface area (Å²) in [6.07, 6.45) is -1.92. The van der Waals surface area contributed by atoms with Gasteiger partial charge in [-0.1, -0.05) is 11.8 Å². The minimum atomic E-state index is -1.31. The second-order valence-electron chi connectivity index (χ2n) is 6.07. The van der Waals surface area contributed by atoms with Gasteiger partial charge in [0.1, 0.15) is 12.0 Å². The molecule has 0 spiro atoms. The maximum atomic E-state index is 14.5. The Bertz CT molecular complexity index is 760. The number of aliphatic imine (C=N–C) groups is 1. The van der Waals surface area contributed by atoms with Gasteiger partial charge in [-0.2, -0.15) is 0 Å². The van der Waals surface area contributed by atoms with Gasteiger partial charge >= 0.3 is 6.09 Å². The number of nitrogens with one attached hydrogen (secondary N) is 1. The summed E-state index contributed by atoms with van der Waals surface area (Å²) >= 11 is 1.12. The second kappa shape index (κ2) is 6.58. The molecule has 1 fully saturated rings. The van der Waals surface area contributed by atoms with E-state index >= 15 is 0 Å². The number of halogens is 2. The van der Waals surface area contributed by atoms with E-state index in [-0.39, 0.29) is 41.6 Å². The van der Waals surface area contributed by atoms with Crippen LogP contribution in [0.1, 0.15) is 24.8 Å². The Kier molecular flexibility index (Phi) is 4.63. The largest absolute Gasteiger partial charge is 0.465 e. The van der Waals surface area contributed by atoms with Crippen LogP contribution in [0.15, 0.2) is 23.2 Å². The Hall–Kier alpha value is -2.23. The van der Waals surface area contributed by atoms with Crippen molar-refractivity contribution in [2.75, 3.05) is 5.75 Å². The first kappa shape index (κ1) is 17.6. The number of rotatable bonds is 2. The summed E-state index contributed by atoms with van der Waals surface area (Å²) in [5, 5.41) is 22.2. The Morgan fingerprint density at radius 3 is 2.96 bits per heavy atom. The average Bonchev–Trinajstić information content (AvgIpc) is 2.54. The fraction of sp³-hybridized carbons (Fsp3) is 0.467. The molecule has 7 nitrogen and oxygen atoms in total. The van der Waals surface area contributed by atoms with E-state index in [1.54, 1.807) is 0 Å². The van der Waals surface area contributed by atoms with Crippen molar-refractivity contribution in [1.29, 1.82) is 0 Å². The first-order valence-corrected chi connectivity index (χ1v) is 8.61. The van der Waals surface area contributed by atoms with Crippen LogP contribution >= 0.6 is 11.8 Å². The van der Waals surface area contributed by atoms with Crippen molar-refractivity contribution in [1.82, 2.24) is 5.32 Å². The van der Waals surface area contributed by atoms with Gasteiger partial charge < -0.3 is 5.11 Å². The summed E-state index contributed by atoms with van der Waals surface area (Å²) in [6, 6.07) is 3.18. The summed E-state index contributed by atoms with van der Waals surface area (Å²) in [5.41, 5.74) is -1.47. The molecule has 3 unspecified atom stereocenters. The highest BCUT2D eigenvalue weighted by molar-refractivity contribution is 8.13. The first-order valence-electron chi connectivity index (χ1n) is 7.63. The lowest BCUT2D eigenvalue weighted by Crippen LogP contribution is -2.46. The molecule has 10 heteroatoms. The fourth-order valence-corrected chi connectivity index (χ4v) is 4.64. The first-order chi connectivity index (χ1) is 11.8. The van der Waals surface area contributed by atoms with Crippen LogP contribution in [-0.4, -0.2) is 33.2 Å². The van der Waals surface area contributed by atoms with Crippen LogP contribution in [0.5, 0.6) is 0 Å². The molecule has 1 aliphatic heterocycles. The number of amidine groups is 1. The Morgan fingerprint density at radius 2 is 2.28 bits per heavy atom. The number of nitro groups is 1. The molecule has 0 aromatic heterocycles. The number of hydrogen-bond donors (Lipinski definition) is 2. The third-order valence-electron chi connectivity index (χ3n) is 4.62. The number of thioether (sulfide) groups is 1. The maximum Gasteiger partial charge on any atom is 0.410 e. The van der Waals surface area contributed by atoms with Gasteiger partial charge in [0.05, 0.1) is 10.5 Å². The van der Waals surface area contributed by atoms with E-state index in [1.165, 1.54) is 0 Å². The minimum absolute atomic E-state index is 0.0172. The standard InChI is InChI=1S/C15H15F2N3O4S/c16-9-3-4-15(11-6-10(20(23)24)1-2-12(11)17)8(5-9)7-25-13(19-15)18-14(21)22/h1-2,6,8-9H,3-5,7H2,(H,18,19)(H,21,22). The average molecular weight is 371 g/mol. The number of hydrogen-bond acceptors (Lipinski definition) is 5. The smallest absolute Gasteiger partial charge is 0.410 e. The van der Waals surface area contributed by atoms with Gasteiger partial charge in [-0.15, -0.1) is 0 Å². The number of carbonyl (C=O) groups is 1. The molecule has 1 saturated carbocycles. The maximum absolute atomic E-state index is 14.5. The van der Waals surface area contributed by atoms with Crippen molar-refractivity contribution in [2.24, 2.45) is 10.9 Å². The number of nitrogens with zero attached hydrogens (tertiary/aromatic N) is 2. The van der Waals surface area contributed by atoms with E-state index < -0.39 is 28.5 Å². The van der Waals surface area contributed by atoms with Crippen molar-refractivity contribution < 1.29 is 23.6 Å². The highest BCUT2D eigenvalue weighted by Gasteiger charge is 2.49. The molecular formula is C15H15F2N3O4S. The van der Waals surface area contributed by atoms with Crippen LogP contribution in [0, 0.1) is 21.8 Å². The van der Waals surface area contributed by atoms with E-state index in [0.29, 0.717) is 5.75 Å². The van der Waals surface area contributed by atoms with Gasteiger partial charge in [-0.05, 0) is 25.3 Å². The number of nitro benzene ring substituents is 1. The second-order valence-corrected chi connectivity index (χ2v) is 7.08. The molecule has 3 atom stereocenters. The van der Waals surface area contributed by atoms with E-state index in [2.05, 4.69) is 10.3 Å². The van der Waals surface area contributed by atoms with E-state index in [4.69, 9.17) is 5.11 Å². The molecule has 1 aromatic rings. The lowest BCUT2D eigenvalue weighted by Gasteiger charge is -2.45. The lowest BCUT2D eigenvalue weighted by molar-refractivity contribution is -0.385. The molecular weight excluding hydrogens is 356 g/mol. The van der Waals surface area contributed by atoms with Crippen LogP contribution in [0.4, 0.5) is 19.3 Å². The Balaban J connectivity index is 2.13. The molecule has 1 amide bonds. The van der Waals surface area contributed by atoms with Gasteiger partial charge in [-0.3, -0.25) is 20.4 Å². The molecule has 134 valence electrons. The zero-order valence-electron chi connectivity index (χ0n) is 12.9. The summed E-state index contributed by atoms with van der Waals surface area (Å²) in [6.45, 7) is 0. The monoisotopic (exact) mass is 371 g/mol. The van der Waals surface area contributed by atoms with Crippen molar-refractivity contribution in [3.8, 4) is 0 Å². The van der Waals surface area contributed by atoms with Crippen LogP contribution in [0.2, 0.25) is 0 Å². The number of carboxylic acid groups (broad SMARTS) is 1. The molecule has 1 heterocycles. The highest BCUT2D eigenvalue weighted by Crippen LogP contribution is 2.50. The SMILES string of the molecule is O=C(O)NC1=NC2(c3cc([N+](=O)[O-])ccc3F)CCC(F)CC2CS1. The number of non-ortho nitro benzene ring substituents is 1. The Labute approximate surface area is 145 Å². The van der Waals surface area contributed by atoms with Crippen LogP contribution in [0.3, 0.4) is 0 Å². The molecule has 2 N–H and O–H groups in total. The summed E-state index contributed by atoms with van der Waals surface area (Å²) in [4.78, 5) is 25.7. The minimum Gasteiger partial charge on any atom is -0.465 e. The fourth-order valence-electron chi connectivity index (χ4n) is 3.48. The van der Waals surface area contributed by atoms with Crippen LogP contribution < -0.4 is 5.32 Å². The summed E-state index contributed by atoms with van der Waals surface area (Å²) in [5.74, 6) is -0.697. The van der Waals surface area contributed by atoms with Crippen LogP contribution in [0.25, 0.3) is 0 Å². The molecule has 2 aliphatic rings. The molecule has 3 rings (SSSR count).